The van der Waals surface area contributed by atoms with Crippen LogP contribution < -0.4 is 0 Å². The largest absolute Gasteiger partial charge is 0.462 e. The number of carbonyl (C=O) groups excluding carboxylic acids is 3. The van der Waals surface area contributed by atoms with E-state index in [1.807, 2.05) is 0 Å². The van der Waals surface area contributed by atoms with E-state index in [1.54, 1.807) is 62.5 Å². The van der Waals surface area contributed by atoms with E-state index in [0.717, 1.165) is 0 Å². The van der Waals surface area contributed by atoms with E-state index in [2.05, 4.69) is 0 Å². The molecular formula is C19H21NO5. The normalized spacial score (nSPS) is 19.9. The van der Waals surface area contributed by atoms with Crippen molar-refractivity contribution in [2.45, 2.75) is 19.4 Å². The number of rotatable bonds is 6. The molecule has 1 heterocycles. The van der Waals surface area contributed by atoms with Crippen molar-refractivity contribution in [2.75, 3.05) is 20.7 Å². The van der Waals surface area contributed by atoms with Gasteiger partial charge in [0.25, 0.3) is 0 Å². The predicted octanol–water partition coefficient (Wildman–Crippen LogP) is 2.12. The molecule has 0 aromatic heterocycles. The van der Waals surface area contributed by atoms with Crippen LogP contribution in [-0.4, -0.2) is 48.9 Å². The smallest absolute Gasteiger partial charge is 0.347 e. The van der Waals surface area contributed by atoms with Crippen molar-refractivity contribution < 1.29 is 23.9 Å². The summed E-state index contributed by atoms with van der Waals surface area (Å²) in [5, 5.41) is 0. The van der Waals surface area contributed by atoms with Crippen LogP contribution in [-0.2, 0) is 19.1 Å². The molecule has 2 rings (SSSR count). The lowest BCUT2D eigenvalue weighted by Gasteiger charge is -2.24. The Labute approximate surface area is 146 Å². The van der Waals surface area contributed by atoms with Crippen molar-refractivity contribution >= 4 is 17.7 Å². The summed E-state index contributed by atoms with van der Waals surface area (Å²) in [5.41, 5.74) is -1.25. The highest BCUT2D eigenvalue weighted by Crippen LogP contribution is 2.37. The molecule has 1 aromatic rings. The Morgan fingerprint density at radius 1 is 1.24 bits per heavy atom. The monoisotopic (exact) mass is 343 g/mol. The van der Waals surface area contributed by atoms with Crippen LogP contribution in [0.1, 0.15) is 24.2 Å². The number of hydrogen-bond acceptors (Lipinski definition) is 6. The standard InChI is InChI=1S/C19H21NO5/c1-5-24-17(22)15-14(11-12-20(3)4)19(2,25-18(15)23)16(21)13-9-7-6-8-10-13/h6-12H,5H2,1-4H3/b12-11+. The minimum Gasteiger partial charge on any atom is -0.462 e. The average Bonchev–Trinajstić information content (AvgIpc) is 2.84. The SMILES string of the molecule is CCOC(=O)C1=C(/C=C/N(C)C)C(C)(C(=O)c2ccccc2)OC1=O. The number of hydrogen-bond donors (Lipinski definition) is 0. The van der Waals surface area contributed by atoms with Crippen LogP contribution in [0.3, 0.4) is 0 Å². The molecule has 132 valence electrons. The van der Waals surface area contributed by atoms with Crippen LogP contribution in [0.4, 0.5) is 0 Å². The first-order chi connectivity index (χ1) is 11.8. The van der Waals surface area contributed by atoms with Gasteiger partial charge in [-0.05, 0) is 26.1 Å². The Morgan fingerprint density at radius 3 is 2.44 bits per heavy atom. The minimum absolute atomic E-state index is 0.115. The van der Waals surface area contributed by atoms with Crippen molar-refractivity contribution in [2.24, 2.45) is 0 Å². The van der Waals surface area contributed by atoms with Crippen LogP contribution in [0.25, 0.3) is 0 Å². The van der Waals surface area contributed by atoms with E-state index in [9.17, 15) is 14.4 Å². The lowest BCUT2D eigenvalue weighted by atomic mass is 9.86. The summed E-state index contributed by atoms with van der Waals surface area (Å²) >= 11 is 0. The van der Waals surface area contributed by atoms with Gasteiger partial charge in [0, 0.05) is 25.2 Å². The van der Waals surface area contributed by atoms with Crippen molar-refractivity contribution in [3.8, 4) is 0 Å². The van der Waals surface area contributed by atoms with Gasteiger partial charge in [-0.25, -0.2) is 9.59 Å². The van der Waals surface area contributed by atoms with Crippen molar-refractivity contribution in [1.82, 2.24) is 4.90 Å². The van der Waals surface area contributed by atoms with Gasteiger partial charge in [0.1, 0.15) is 0 Å². The molecule has 0 amide bonds. The molecule has 0 spiro atoms. The number of benzene rings is 1. The third kappa shape index (κ3) is 3.63. The maximum atomic E-state index is 13.0. The van der Waals surface area contributed by atoms with Crippen molar-refractivity contribution in [3.05, 3.63) is 59.3 Å². The summed E-state index contributed by atoms with van der Waals surface area (Å²) in [6.07, 6.45) is 3.19. The summed E-state index contributed by atoms with van der Waals surface area (Å²) in [7, 11) is 3.57. The first-order valence-corrected chi connectivity index (χ1v) is 7.91. The third-order valence-corrected chi connectivity index (χ3v) is 3.77. The predicted molar refractivity (Wildman–Crippen MR) is 91.8 cm³/mol. The number of cyclic esters (lactones) is 1. The molecule has 0 bridgehead atoms. The molecule has 0 saturated heterocycles. The highest BCUT2D eigenvalue weighted by molar-refractivity contribution is 6.21. The Bertz CT molecular complexity index is 748. The summed E-state index contributed by atoms with van der Waals surface area (Å²) in [4.78, 5) is 39.2. The fraction of sp³-hybridized carbons (Fsp3) is 0.316. The Balaban J connectivity index is 2.57. The van der Waals surface area contributed by atoms with Crippen LogP contribution >= 0.6 is 0 Å². The molecule has 6 nitrogen and oxygen atoms in total. The molecule has 1 unspecified atom stereocenters. The molecule has 0 radical (unpaired) electrons. The van der Waals surface area contributed by atoms with Gasteiger partial charge < -0.3 is 14.4 Å². The van der Waals surface area contributed by atoms with Gasteiger partial charge in [-0.15, -0.1) is 0 Å². The van der Waals surface area contributed by atoms with Crippen LogP contribution in [0, 0.1) is 0 Å². The van der Waals surface area contributed by atoms with E-state index < -0.39 is 23.3 Å². The zero-order chi connectivity index (χ0) is 18.6. The molecule has 1 aliphatic heterocycles. The van der Waals surface area contributed by atoms with Gasteiger partial charge in [0.2, 0.25) is 5.78 Å². The van der Waals surface area contributed by atoms with Crippen molar-refractivity contribution in [3.63, 3.8) is 0 Å². The Kier molecular flexibility index (Phi) is 5.41. The quantitative estimate of drug-likeness (QED) is 0.447. The maximum Gasteiger partial charge on any atom is 0.347 e. The molecule has 0 saturated carbocycles. The Hall–Kier alpha value is -2.89. The van der Waals surface area contributed by atoms with Gasteiger partial charge >= 0.3 is 11.9 Å². The van der Waals surface area contributed by atoms with E-state index in [0.29, 0.717) is 5.56 Å². The van der Waals surface area contributed by atoms with Crippen LogP contribution in [0.15, 0.2) is 53.8 Å². The van der Waals surface area contributed by atoms with Gasteiger partial charge in [-0.3, -0.25) is 4.79 Å². The zero-order valence-corrected chi connectivity index (χ0v) is 14.7. The van der Waals surface area contributed by atoms with Gasteiger partial charge in [0.05, 0.1) is 6.61 Å². The fourth-order valence-corrected chi connectivity index (χ4v) is 2.54. The molecule has 0 fully saturated rings. The molecule has 1 aromatic carbocycles. The van der Waals surface area contributed by atoms with Crippen LogP contribution in [0.2, 0.25) is 0 Å². The summed E-state index contributed by atoms with van der Waals surface area (Å²) in [5.74, 6) is -2.06. The highest BCUT2D eigenvalue weighted by Gasteiger charge is 2.51. The third-order valence-electron chi connectivity index (χ3n) is 3.77. The number of nitrogens with zero attached hydrogens (tertiary/aromatic N) is 1. The summed E-state index contributed by atoms with van der Waals surface area (Å²) in [6, 6.07) is 8.50. The number of ether oxygens (including phenoxy) is 2. The van der Waals surface area contributed by atoms with Gasteiger partial charge in [0.15, 0.2) is 11.2 Å². The van der Waals surface area contributed by atoms with Crippen LogP contribution in [0.5, 0.6) is 0 Å². The van der Waals surface area contributed by atoms with E-state index >= 15 is 0 Å². The van der Waals surface area contributed by atoms with Gasteiger partial charge in [-0.1, -0.05) is 30.3 Å². The number of Topliss-reactive ketones (excluding diaryl/α,β-unsaturated/α-hetero) is 1. The molecule has 25 heavy (non-hydrogen) atoms. The minimum atomic E-state index is -1.59. The molecule has 1 aliphatic rings. The summed E-state index contributed by atoms with van der Waals surface area (Å²) in [6.45, 7) is 3.24. The second kappa shape index (κ2) is 7.34. The highest BCUT2D eigenvalue weighted by atomic mass is 16.6. The summed E-state index contributed by atoms with van der Waals surface area (Å²) < 4.78 is 10.3. The van der Waals surface area contributed by atoms with E-state index in [-0.39, 0.29) is 17.8 Å². The Morgan fingerprint density at radius 2 is 1.88 bits per heavy atom. The number of ketones is 1. The number of esters is 2. The topological polar surface area (TPSA) is 72.9 Å². The molecular weight excluding hydrogens is 322 g/mol. The average molecular weight is 343 g/mol. The van der Waals surface area contributed by atoms with Gasteiger partial charge in [-0.2, -0.15) is 0 Å². The second-order valence-electron chi connectivity index (χ2n) is 5.91. The molecule has 6 heteroatoms. The lowest BCUT2D eigenvalue weighted by molar-refractivity contribution is -0.147. The zero-order valence-electron chi connectivity index (χ0n) is 14.7. The molecule has 0 N–H and O–H groups in total. The maximum absolute atomic E-state index is 13.0. The first kappa shape index (κ1) is 18.4. The fourth-order valence-electron chi connectivity index (χ4n) is 2.54. The number of carbonyl (C=O) groups is 3. The lowest BCUT2D eigenvalue weighted by Crippen LogP contribution is -2.37. The first-order valence-electron chi connectivity index (χ1n) is 7.91. The molecule has 0 aliphatic carbocycles. The van der Waals surface area contributed by atoms with E-state index in [1.165, 1.54) is 13.0 Å². The van der Waals surface area contributed by atoms with E-state index in [4.69, 9.17) is 9.47 Å². The molecule has 1 atom stereocenters. The van der Waals surface area contributed by atoms with Crippen molar-refractivity contribution in [1.29, 1.82) is 0 Å². The second-order valence-corrected chi connectivity index (χ2v) is 5.91.